The molecule has 1 aliphatic heterocycles. The van der Waals surface area contributed by atoms with E-state index in [9.17, 15) is 14.4 Å². The number of nitrogens with two attached hydrogens (primary N) is 1. The average molecular weight is 531 g/mol. The second-order valence-electron chi connectivity index (χ2n) is 10.5. The van der Waals surface area contributed by atoms with Crippen molar-refractivity contribution in [3.63, 3.8) is 0 Å². The number of methoxy groups -OCH3 is 1. The molecule has 2 atom stereocenters. The number of primary amides is 1. The monoisotopic (exact) mass is 530 g/mol. The molecule has 0 saturated carbocycles. The van der Waals surface area contributed by atoms with Crippen molar-refractivity contribution in [2.75, 3.05) is 13.7 Å². The van der Waals surface area contributed by atoms with Crippen LogP contribution < -0.4 is 15.8 Å². The molecule has 1 aliphatic rings. The van der Waals surface area contributed by atoms with Gasteiger partial charge in [0.05, 0.1) is 19.3 Å². The lowest BCUT2D eigenvalue weighted by Crippen LogP contribution is -2.33. The van der Waals surface area contributed by atoms with Gasteiger partial charge in [-0.05, 0) is 63.4 Å². The van der Waals surface area contributed by atoms with Crippen molar-refractivity contribution in [2.45, 2.75) is 105 Å². The fraction of sp³-hybridized carbons (Fsp3) is 0.633. The van der Waals surface area contributed by atoms with E-state index in [1.165, 1.54) is 0 Å². The number of benzene rings is 1. The van der Waals surface area contributed by atoms with Crippen LogP contribution in [-0.4, -0.2) is 31.7 Å². The van der Waals surface area contributed by atoms with Gasteiger partial charge in [-0.3, -0.25) is 10.1 Å². The van der Waals surface area contributed by atoms with Crippen LogP contribution in [-0.2, 0) is 20.7 Å². The van der Waals surface area contributed by atoms with Crippen LogP contribution in [0.3, 0.4) is 0 Å². The fourth-order valence-corrected chi connectivity index (χ4v) is 5.05. The summed E-state index contributed by atoms with van der Waals surface area (Å²) >= 11 is 0. The van der Waals surface area contributed by atoms with E-state index in [1.807, 2.05) is 13.8 Å². The average Bonchev–Trinajstić information content (AvgIpc) is 3.17. The predicted octanol–water partition coefficient (Wildman–Crippen LogP) is 6.38. The number of cyclic esters (lactones) is 1. The standard InChI is InChI=1S/C30H46N2O6/c1-8-10-11-21(9-2)25-22(14-12-19(5)13-15-23(33)37-17-16-18(3)4)27(36-7)20(6)24-26(25)29(34)38-28(24)32-30(31)35/h12,18,21,28H,8-11,13-17H2,1-7H3,(H3,31,32,35). The highest BCUT2D eigenvalue weighted by Gasteiger charge is 2.40. The molecule has 0 aliphatic carbocycles. The Kier molecular flexibility index (Phi) is 12.1. The van der Waals surface area contributed by atoms with Gasteiger partial charge in [-0.2, -0.15) is 0 Å². The Balaban J connectivity index is 2.46. The van der Waals surface area contributed by atoms with Gasteiger partial charge in [0.25, 0.3) is 0 Å². The highest BCUT2D eigenvalue weighted by Crippen LogP contribution is 2.46. The van der Waals surface area contributed by atoms with Crippen LogP contribution in [0.15, 0.2) is 11.6 Å². The summed E-state index contributed by atoms with van der Waals surface area (Å²) in [5.41, 5.74) is 10.2. The number of nitrogens with one attached hydrogen (secondary N) is 1. The molecule has 2 unspecified atom stereocenters. The first kappa shape index (κ1) is 31.2. The van der Waals surface area contributed by atoms with E-state index in [2.05, 4.69) is 39.1 Å². The second kappa shape index (κ2) is 14.8. The first-order valence-electron chi connectivity index (χ1n) is 13.9. The lowest BCUT2D eigenvalue weighted by molar-refractivity contribution is -0.143. The van der Waals surface area contributed by atoms with E-state index in [0.717, 1.165) is 54.4 Å². The number of carbonyl (C=O) groups excluding carboxylic acids is 3. The van der Waals surface area contributed by atoms with Gasteiger partial charge in [0.15, 0.2) is 0 Å². The van der Waals surface area contributed by atoms with Crippen LogP contribution in [0.5, 0.6) is 5.75 Å². The smallest absolute Gasteiger partial charge is 0.341 e. The number of allylic oxidation sites excluding steroid dienone is 2. The van der Waals surface area contributed by atoms with Gasteiger partial charge in [0, 0.05) is 23.1 Å². The Morgan fingerprint density at radius 3 is 2.47 bits per heavy atom. The SMILES string of the molecule is CCCCC(CC)c1c(CC=C(C)CCC(=O)OCCC(C)C)c(OC)c(C)c2c1C(=O)OC2NC(N)=O. The van der Waals surface area contributed by atoms with E-state index in [4.69, 9.17) is 19.9 Å². The molecule has 0 fully saturated rings. The maximum atomic E-state index is 13.2. The van der Waals surface area contributed by atoms with E-state index >= 15 is 0 Å². The van der Waals surface area contributed by atoms with Crippen molar-refractivity contribution >= 4 is 18.0 Å². The minimum Gasteiger partial charge on any atom is -0.496 e. The van der Waals surface area contributed by atoms with Crippen LogP contribution in [0, 0.1) is 12.8 Å². The molecule has 2 rings (SSSR count). The van der Waals surface area contributed by atoms with Crippen LogP contribution in [0.4, 0.5) is 4.79 Å². The lowest BCUT2D eigenvalue weighted by atomic mass is 9.80. The fourth-order valence-electron chi connectivity index (χ4n) is 5.05. The molecule has 0 aromatic heterocycles. The second-order valence-corrected chi connectivity index (χ2v) is 10.5. The third kappa shape index (κ3) is 7.98. The van der Waals surface area contributed by atoms with E-state index in [0.29, 0.717) is 48.7 Å². The molecule has 1 heterocycles. The summed E-state index contributed by atoms with van der Waals surface area (Å²) in [6.07, 6.45) is 7.31. The molecule has 8 nitrogen and oxygen atoms in total. The number of esters is 2. The van der Waals surface area contributed by atoms with Crippen LogP contribution >= 0.6 is 0 Å². The Morgan fingerprint density at radius 2 is 1.89 bits per heavy atom. The Bertz CT molecular complexity index is 1030. The first-order chi connectivity index (χ1) is 18.0. The van der Waals surface area contributed by atoms with E-state index in [-0.39, 0.29) is 11.9 Å². The normalized spacial score (nSPS) is 15.7. The summed E-state index contributed by atoms with van der Waals surface area (Å²) in [5.74, 6) is 0.651. The maximum absolute atomic E-state index is 13.2. The van der Waals surface area contributed by atoms with Crippen molar-refractivity contribution in [1.82, 2.24) is 5.32 Å². The number of hydrogen-bond acceptors (Lipinski definition) is 6. The third-order valence-corrected chi connectivity index (χ3v) is 7.19. The Hall–Kier alpha value is -3.03. The molecule has 212 valence electrons. The van der Waals surface area contributed by atoms with E-state index in [1.54, 1.807) is 7.11 Å². The number of unbranched alkanes of at least 4 members (excludes halogenated alkanes) is 1. The lowest BCUT2D eigenvalue weighted by Gasteiger charge is -2.25. The highest BCUT2D eigenvalue weighted by atomic mass is 16.6. The first-order valence-corrected chi connectivity index (χ1v) is 13.9. The predicted molar refractivity (Wildman–Crippen MR) is 148 cm³/mol. The van der Waals surface area contributed by atoms with Crippen LogP contribution in [0.25, 0.3) is 0 Å². The molecule has 3 N–H and O–H groups in total. The molecule has 38 heavy (non-hydrogen) atoms. The number of ether oxygens (including phenoxy) is 3. The van der Waals surface area contributed by atoms with Crippen molar-refractivity contribution < 1.29 is 28.6 Å². The zero-order valence-corrected chi connectivity index (χ0v) is 24.2. The largest absolute Gasteiger partial charge is 0.496 e. The minimum absolute atomic E-state index is 0.123. The minimum atomic E-state index is -0.945. The van der Waals surface area contributed by atoms with Gasteiger partial charge >= 0.3 is 18.0 Å². The van der Waals surface area contributed by atoms with Gasteiger partial charge < -0.3 is 19.9 Å². The number of rotatable bonds is 15. The molecule has 0 bridgehead atoms. The summed E-state index contributed by atoms with van der Waals surface area (Å²) in [6, 6.07) is -0.765. The van der Waals surface area contributed by atoms with Crippen molar-refractivity contribution in [3.8, 4) is 5.75 Å². The zero-order valence-electron chi connectivity index (χ0n) is 24.2. The molecular formula is C30H46N2O6. The van der Waals surface area contributed by atoms with Gasteiger partial charge in [-0.25, -0.2) is 9.59 Å². The summed E-state index contributed by atoms with van der Waals surface area (Å²) < 4.78 is 16.8. The van der Waals surface area contributed by atoms with Crippen LogP contribution in [0.1, 0.15) is 124 Å². The van der Waals surface area contributed by atoms with Gasteiger partial charge in [-0.15, -0.1) is 0 Å². The zero-order chi connectivity index (χ0) is 28.4. The summed E-state index contributed by atoms with van der Waals surface area (Å²) in [4.78, 5) is 37.0. The summed E-state index contributed by atoms with van der Waals surface area (Å²) in [6.45, 7) is 12.8. The number of fused-ring (bicyclic) bond motifs is 1. The number of urea groups is 1. The topological polar surface area (TPSA) is 117 Å². The van der Waals surface area contributed by atoms with Crippen LogP contribution in [0.2, 0.25) is 0 Å². The van der Waals surface area contributed by atoms with Crippen molar-refractivity contribution in [2.24, 2.45) is 11.7 Å². The molecule has 0 saturated heterocycles. The van der Waals surface area contributed by atoms with Gasteiger partial charge in [0.1, 0.15) is 5.75 Å². The number of hydrogen-bond donors (Lipinski definition) is 2. The molecule has 8 heteroatoms. The van der Waals surface area contributed by atoms with Gasteiger partial charge in [0.2, 0.25) is 6.23 Å². The molecular weight excluding hydrogens is 484 g/mol. The highest BCUT2D eigenvalue weighted by molar-refractivity contribution is 5.98. The summed E-state index contributed by atoms with van der Waals surface area (Å²) in [7, 11) is 1.62. The quantitative estimate of drug-likeness (QED) is 0.201. The molecule has 2 amide bonds. The van der Waals surface area contributed by atoms with Crippen molar-refractivity contribution in [3.05, 3.63) is 39.5 Å². The Labute approximate surface area is 227 Å². The Morgan fingerprint density at radius 1 is 1.18 bits per heavy atom. The molecule has 1 aromatic carbocycles. The van der Waals surface area contributed by atoms with E-state index < -0.39 is 18.2 Å². The van der Waals surface area contributed by atoms with Gasteiger partial charge in [-0.1, -0.05) is 52.2 Å². The molecule has 0 radical (unpaired) electrons. The number of carbonyl (C=O) groups is 3. The van der Waals surface area contributed by atoms with Crippen molar-refractivity contribution in [1.29, 1.82) is 0 Å². The summed E-state index contributed by atoms with van der Waals surface area (Å²) in [5, 5.41) is 2.55. The number of amides is 2. The maximum Gasteiger partial charge on any atom is 0.341 e. The molecule has 0 spiro atoms. The third-order valence-electron chi connectivity index (χ3n) is 7.19. The molecule has 1 aromatic rings.